The lowest BCUT2D eigenvalue weighted by Gasteiger charge is -2.52. The van der Waals surface area contributed by atoms with E-state index in [1.54, 1.807) is 12.4 Å². The molecule has 0 aromatic carbocycles. The molecular weight excluding hydrogens is 499 g/mol. The fraction of sp³-hybridized carbons (Fsp3) is 0.593. The normalized spacial score (nSPS) is 27.5. The largest absolute Gasteiger partial charge is 0.477 e. The molecule has 0 N–H and O–H groups in total. The van der Waals surface area contributed by atoms with Gasteiger partial charge in [0.25, 0.3) is 0 Å². The van der Waals surface area contributed by atoms with Gasteiger partial charge in [0.15, 0.2) is 0 Å². The van der Waals surface area contributed by atoms with Crippen LogP contribution in [0.2, 0.25) is 10.0 Å². The van der Waals surface area contributed by atoms with E-state index in [0.29, 0.717) is 39.9 Å². The number of fused-ring (bicyclic) bond motifs is 3. The number of nitrogens with zero attached hydrogens (tertiary/aromatic N) is 4. The van der Waals surface area contributed by atoms with Crippen LogP contribution in [0, 0.1) is 5.41 Å². The summed E-state index contributed by atoms with van der Waals surface area (Å²) < 4.78 is 21.0. The van der Waals surface area contributed by atoms with Gasteiger partial charge in [-0.05, 0) is 64.2 Å². The Hall–Kier alpha value is -2.09. The molecule has 190 valence electrons. The number of hydrogen-bond acceptors (Lipinski definition) is 6. The summed E-state index contributed by atoms with van der Waals surface area (Å²) in [5.41, 5.74) is 2.49. The van der Waals surface area contributed by atoms with Gasteiger partial charge in [0.2, 0.25) is 5.88 Å². The van der Waals surface area contributed by atoms with E-state index in [1.807, 2.05) is 12.3 Å². The predicted octanol–water partition coefficient (Wildman–Crippen LogP) is 7.14. The molecule has 0 unspecified atom stereocenters. The van der Waals surface area contributed by atoms with Gasteiger partial charge in [0, 0.05) is 40.9 Å². The van der Waals surface area contributed by atoms with Crippen molar-refractivity contribution in [3.8, 4) is 17.1 Å². The van der Waals surface area contributed by atoms with Gasteiger partial charge in [0.05, 0.1) is 41.1 Å². The maximum atomic E-state index is 6.76. The fourth-order valence-corrected chi connectivity index (χ4v) is 6.63. The second-order valence-electron chi connectivity index (χ2n) is 11.2. The van der Waals surface area contributed by atoms with Gasteiger partial charge < -0.3 is 14.0 Å². The lowest BCUT2D eigenvalue weighted by atomic mass is 9.59. The van der Waals surface area contributed by atoms with Crippen LogP contribution >= 0.6 is 23.2 Å². The highest BCUT2D eigenvalue weighted by molar-refractivity contribution is 6.38. The maximum absolute atomic E-state index is 6.76. The third kappa shape index (κ3) is 4.13. The first-order valence-electron chi connectivity index (χ1n) is 13.1. The number of rotatable bonds is 9. The third-order valence-corrected chi connectivity index (χ3v) is 9.34. The van der Waals surface area contributed by atoms with E-state index in [0.717, 1.165) is 75.2 Å². The van der Waals surface area contributed by atoms with E-state index in [9.17, 15) is 0 Å². The van der Waals surface area contributed by atoms with Crippen molar-refractivity contribution in [2.24, 2.45) is 5.41 Å². The maximum Gasteiger partial charge on any atom is 0.211 e. The molecule has 0 radical (unpaired) electrons. The Morgan fingerprint density at radius 1 is 1.00 bits per heavy atom. The van der Waals surface area contributed by atoms with Gasteiger partial charge in [-0.25, -0.2) is 4.68 Å². The van der Waals surface area contributed by atoms with Crippen LogP contribution in [0.1, 0.15) is 87.5 Å². The molecular formula is C27H30Cl2N4O3. The van der Waals surface area contributed by atoms with Crippen LogP contribution in [-0.4, -0.2) is 32.1 Å². The summed E-state index contributed by atoms with van der Waals surface area (Å²) in [6.07, 6.45) is 16.2. The molecule has 36 heavy (non-hydrogen) atoms. The summed E-state index contributed by atoms with van der Waals surface area (Å²) in [5.74, 6) is 2.26. The van der Waals surface area contributed by atoms with Gasteiger partial charge in [-0.2, -0.15) is 5.10 Å². The molecule has 0 aliphatic heterocycles. The molecule has 0 atom stereocenters. The molecule has 5 fully saturated rings. The first-order chi connectivity index (χ1) is 17.5. The van der Waals surface area contributed by atoms with Crippen molar-refractivity contribution in [1.82, 2.24) is 19.9 Å². The van der Waals surface area contributed by atoms with Crippen LogP contribution in [0.3, 0.4) is 0 Å². The number of pyridine rings is 1. The second-order valence-corrected chi connectivity index (χ2v) is 12.0. The summed E-state index contributed by atoms with van der Waals surface area (Å²) in [6.45, 7) is 1.23. The molecule has 5 aliphatic rings. The molecule has 7 nitrogen and oxygen atoms in total. The van der Waals surface area contributed by atoms with Gasteiger partial charge in [-0.15, -0.1) is 0 Å². The molecule has 5 aliphatic carbocycles. The predicted molar refractivity (Wildman–Crippen MR) is 135 cm³/mol. The minimum Gasteiger partial charge on any atom is -0.477 e. The van der Waals surface area contributed by atoms with Crippen molar-refractivity contribution in [1.29, 1.82) is 0 Å². The summed E-state index contributed by atoms with van der Waals surface area (Å²) in [6, 6.07) is 2.54. The topological polar surface area (TPSA) is 75.2 Å². The quantitative estimate of drug-likeness (QED) is 0.293. The number of hydrogen-bond donors (Lipinski definition) is 0. The molecule has 3 aromatic heterocycles. The monoisotopic (exact) mass is 528 g/mol. The fourth-order valence-electron chi connectivity index (χ4n) is 6.09. The highest BCUT2D eigenvalue weighted by Crippen LogP contribution is 2.55. The average Bonchev–Trinajstić information content (AvgIpc) is 3.83. The van der Waals surface area contributed by atoms with Crippen LogP contribution in [0.4, 0.5) is 0 Å². The molecule has 2 bridgehead atoms. The number of ether oxygens (including phenoxy) is 2. The van der Waals surface area contributed by atoms with Gasteiger partial charge in [0.1, 0.15) is 11.5 Å². The van der Waals surface area contributed by atoms with Crippen molar-refractivity contribution in [2.45, 2.75) is 88.4 Å². The van der Waals surface area contributed by atoms with Crippen molar-refractivity contribution in [2.75, 3.05) is 6.61 Å². The van der Waals surface area contributed by atoms with E-state index in [4.69, 9.17) is 37.2 Å². The van der Waals surface area contributed by atoms with E-state index in [-0.39, 0.29) is 11.0 Å². The second kappa shape index (κ2) is 8.74. The van der Waals surface area contributed by atoms with Crippen molar-refractivity contribution in [3.63, 3.8) is 0 Å². The molecule has 3 heterocycles. The lowest BCUT2D eigenvalue weighted by Crippen LogP contribution is -2.49. The van der Waals surface area contributed by atoms with Gasteiger partial charge in [-0.1, -0.05) is 28.4 Å². The Labute approximate surface area is 220 Å². The minimum atomic E-state index is -0.0985. The van der Waals surface area contributed by atoms with Gasteiger partial charge >= 0.3 is 0 Å². The molecule has 0 saturated heterocycles. The van der Waals surface area contributed by atoms with Crippen molar-refractivity contribution < 1.29 is 14.0 Å². The molecule has 8 rings (SSSR count). The molecule has 0 spiro atoms. The summed E-state index contributed by atoms with van der Waals surface area (Å²) in [4.78, 5) is 4.09. The first-order valence-corrected chi connectivity index (χ1v) is 13.9. The SMILES string of the molecule is Clc1cncc(Cl)c1-c1noc(C2CC2)c1COC12CCC(COc3ccnn3C3CC3)(CC1)CC2. The van der Waals surface area contributed by atoms with Crippen LogP contribution < -0.4 is 4.74 Å². The Kier molecular flexibility index (Phi) is 5.60. The van der Waals surface area contributed by atoms with Crippen LogP contribution in [0.25, 0.3) is 11.3 Å². The highest BCUT2D eigenvalue weighted by Gasteiger charge is 2.50. The van der Waals surface area contributed by atoms with E-state index >= 15 is 0 Å². The molecule has 9 heteroatoms. The first kappa shape index (κ1) is 23.1. The third-order valence-electron chi connectivity index (χ3n) is 8.77. The zero-order valence-corrected chi connectivity index (χ0v) is 21.7. The minimum absolute atomic E-state index is 0.0985. The number of halogens is 2. The summed E-state index contributed by atoms with van der Waals surface area (Å²) >= 11 is 13.0. The Morgan fingerprint density at radius 2 is 1.72 bits per heavy atom. The zero-order chi connectivity index (χ0) is 24.3. The van der Waals surface area contributed by atoms with Crippen LogP contribution in [0.5, 0.6) is 5.88 Å². The van der Waals surface area contributed by atoms with Crippen LogP contribution in [0.15, 0.2) is 29.2 Å². The molecule has 3 aromatic rings. The summed E-state index contributed by atoms with van der Waals surface area (Å²) in [7, 11) is 0. The zero-order valence-electron chi connectivity index (χ0n) is 20.2. The average molecular weight is 529 g/mol. The Balaban J connectivity index is 1.05. The molecule has 0 amide bonds. The smallest absolute Gasteiger partial charge is 0.211 e. The number of aromatic nitrogens is 4. The van der Waals surface area contributed by atoms with Gasteiger partial charge in [-0.3, -0.25) is 4.98 Å². The summed E-state index contributed by atoms with van der Waals surface area (Å²) in [5, 5.41) is 9.81. The van der Waals surface area contributed by atoms with E-state index < -0.39 is 0 Å². The van der Waals surface area contributed by atoms with Crippen molar-refractivity contribution in [3.05, 3.63) is 46.0 Å². The Bertz CT molecular complexity index is 1240. The van der Waals surface area contributed by atoms with Crippen molar-refractivity contribution >= 4 is 23.2 Å². The lowest BCUT2D eigenvalue weighted by molar-refractivity contribution is -0.150. The van der Waals surface area contributed by atoms with E-state index in [1.165, 1.54) is 12.8 Å². The molecule has 5 saturated carbocycles. The van der Waals surface area contributed by atoms with Crippen LogP contribution in [-0.2, 0) is 11.3 Å². The standard InChI is InChI=1S/C27H30Cl2N4O3/c28-20-13-30-14-21(29)23(20)24-19(25(36-32-24)17-1-2-17)15-35-27-9-6-26(7-10-27,8-11-27)16-34-22-5-12-31-33(22)18-3-4-18/h5,12-14,17-18H,1-4,6-11,15-16H2. The van der Waals surface area contributed by atoms with E-state index in [2.05, 4.69) is 19.9 Å². The highest BCUT2D eigenvalue weighted by atomic mass is 35.5. The Morgan fingerprint density at radius 3 is 2.39 bits per heavy atom.